The standard InChI is InChI=1S/C60H97NO14/c1-12-14-15-18-41(5)52(73-38-46-24-28-71-29-25-46)36-48-22-20-45(9)60(68,75-48)57(65)58(66)61-26-17-16-19-49(61)59(67)74-53(43(7)34-47-21-23-51(72-30-27-62)54(35-47)69-10)37-50(63)42(6)33-44(8)56(64)55(70-11)32-40(4)31-39(3)13-2/h12-15,18,33,39-40,42-43,45-49,51-56,62,64,68H,1-2,16-17,19-32,34-38H2,3-11H3/b15-14+,41-18+,44-33+/t39-,40+,42+,43+,45+,47-,48-,49?,51+,52?,53-,54+,55-,56+,60+/m0/s1. The molecule has 0 bridgehead atoms. The molecule has 3 aliphatic heterocycles. The Kier molecular flexibility index (Phi) is 27.8. The maximum absolute atomic E-state index is 14.6. The zero-order chi connectivity index (χ0) is 55.2. The van der Waals surface area contributed by atoms with Gasteiger partial charge in [-0.05, 0) is 138 Å². The SMILES string of the molecule is C=C/C=C/C=C(\C)C(C[C@@H]1CC[C@@H](C)[C@](O)(C(=O)C(=O)N2CCCCC2C(=O)O[C@@H](CC(=O)[C@H](C)/C=C(\C)[C@@H](O)[C@H](C[C@H](C)C[C@@H](C)C=C)OC)[C@H](C)C[C@@H]2CC[C@@H](OCCO)[C@H](OC)C2)O1)OCC1CCOCC1. The normalized spacial score (nSPS) is 28.6. The van der Waals surface area contributed by atoms with E-state index in [0.717, 1.165) is 37.7 Å². The lowest BCUT2D eigenvalue weighted by Crippen LogP contribution is -2.61. The van der Waals surface area contributed by atoms with E-state index in [2.05, 4.69) is 27.0 Å². The van der Waals surface area contributed by atoms with Crippen molar-refractivity contribution in [3.05, 3.63) is 60.8 Å². The molecule has 1 amide bonds. The fourth-order valence-corrected chi connectivity index (χ4v) is 11.5. The lowest BCUT2D eigenvalue weighted by Gasteiger charge is -2.43. The molecule has 1 saturated carbocycles. The van der Waals surface area contributed by atoms with Gasteiger partial charge in [0.15, 0.2) is 0 Å². The minimum absolute atomic E-state index is 0.0877. The number of rotatable bonds is 31. The van der Waals surface area contributed by atoms with Crippen molar-refractivity contribution in [2.24, 2.45) is 41.4 Å². The van der Waals surface area contributed by atoms with Crippen LogP contribution in [0.4, 0.5) is 0 Å². The number of carbonyl (C=O) groups is 4. The smallest absolute Gasteiger partial charge is 0.329 e. The van der Waals surface area contributed by atoms with Crippen molar-refractivity contribution in [3.63, 3.8) is 0 Å². The summed E-state index contributed by atoms with van der Waals surface area (Å²) >= 11 is 0. The average molecular weight is 1060 g/mol. The maximum atomic E-state index is 14.6. The monoisotopic (exact) mass is 1060 g/mol. The van der Waals surface area contributed by atoms with Crippen molar-refractivity contribution in [3.8, 4) is 0 Å². The molecule has 1 aliphatic carbocycles. The van der Waals surface area contributed by atoms with Crippen LogP contribution in [0.3, 0.4) is 0 Å². The van der Waals surface area contributed by atoms with Crippen LogP contribution in [-0.4, -0.2) is 152 Å². The zero-order valence-corrected chi connectivity index (χ0v) is 47.2. The molecule has 0 aromatic carbocycles. The molecule has 4 aliphatic rings. The van der Waals surface area contributed by atoms with Crippen LogP contribution in [-0.2, 0) is 52.3 Å². The topological polar surface area (TPSA) is 197 Å². The quantitative estimate of drug-likeness (QED) is 0.0258. The zero-order valence-electron chi connectivity index (χ0n) is 47.2. The molecule has 3 N–H and O–H groups in total. The molecule has 0 radical (unpaired) electrons. The van der Waals surface area contributed by atoms with Crippen LogP contribution in [0.15, 0.2) is 60.8 Å². The lowest BCUT2D eigenvalue weighted by atomic mass is 9.78. The summed E-state index contributed by atoms with van der Waals surface area (Å²) in [5, 5.41) is 33.0. The highest BCUT2D eigenvalue weighted by Crippen LogP contribution is 2.38. The Balaban J connectivity index is 1.54. The summed E-state index contributed by atoms with van der Waals surface area (Å²) in [7, 11) is 3.22. The molecule has 15 atom stereocenters. The van der Waals surface area contributed by atoms with Crippen LogP contribution in [0.1, 0.15) is 145 Å². The van der Waals surface area contributed by atoms with Crippen molar-refractivity contribution in [1.82, 2.24) is 4.90 Å². The van der Waals surface area contributed by atoms with E-state index in [0.29, 0.717) is 88.6 Å². The molecular weight excluding hydrogens is 959 g/mol. The second kappa shape index (κ2) is 32.5. The number of ether oxygens (including phenoxy) is 7. The Bertz CT molecular complexity index is 1890. The van der Waals surface area contributed by atoms with Crippen molar-refractivity contribution in [1.29, 1.82) is 0 Å². The molecule has 0 spiro atoms. The van der Waals surface area contributed by atoms with E-state index < -0.39 is 65.7 Å². The van der Waals surface area contributed by atoms with Crippen LogP contribution in [0.2, 0.25) is 0 Å². The van der Waals surface area contributed by atoms with Crippen LogP contribution in [0, 0.1) is 41.4 Å². The highest BCUT2D eigenvalue weighted by molar-refractivity contribution is 6.39. The predicted octanol–water partition coefficient (Wildman–Crippen LogP) is 8.62. The predicted molar refractivity (Wildman–Crippen MR) is 289 cm³/mol. The Morgan fingerprint density at radius 2 is 1.60 bits per heavy atom. The van der Waals surface area contributed by atoms with E-state index in [9.17, 15) is 34.5 Å². The van der Waals surface area contributed by atoms with E-state index in [1.807, 2.05) is 38.2 Å². The van der Waals surface area contributed by atoms with Crippen molar-refractivity contribution < 1.29 is 67.7 Å². The van der Waals surface area contributed by atoms with Crippen molar-refractivity contribution in [2.75, 3.05) is 53.8 Å². The lowest BCUT2D eigenvalue weighted by molar-refractivity contribution is -0.266. The molecule has 2 unspecified atom stereocenters. The number of piperidine rings is 1. The van der Waals surface area contributed by atoms with E-state index >= 15 is 0 Å². The van der Waals surface area contributed by atoms with Crippen LogP contribution in [0.25, 0.3) is 0 Å². The van der Waals surface area contributed by atoms with Gasteiger partial charge in [0.2, 0.25) is 5.79 Å². The van der Waals surface area contributed by atoms with E-state index in [1.54, 1.807) is 47.1 Å². The van der Waals surface area contributed by atoms with Gasteiger partial charge in [-0.2, -0.15) is 0 Å². The molecule has 4 fully saturated rings. The van der Waals surface area contributed by atoms with E-state index in [1.165, 1.54) is 4.90 Å². The van der Waals surface area contributed by atoms with Gasteiger partial charge in [0.25, 0.3) is 11.7 Å². The Morgan fingerprint density at radius 1 is 0.867 bits per heavy atom. The fraction of sp³-hybridized carbons (Fsp3) is 0.767. The van der Waals surface area contributed by atoms with Gasteiger partial charge in [-0.1, -0.05) is 77.7 Å². The summed E-state index contributed by atoms with van der Waals surface area (Å²) in [5.74, 6) is -6.06. The van der Waals surface area contributed by atoms with E-state index in [-0.39, 0.29) is 74.4 Å². The number of likely N-dealkylation sites (tertiary alicyclic amines) is 1. The Labute approximate surface area is 449 Å². The third-order valence-corrected chi connectivity index (χ3v) is 16.5. The van der Waals surface area contributed by atoms with Gasteiger partial charge in [0.05, 0.1) is 50.3 Å². The minimum atomic E-state index is -2.44. The van der Waals surface area contributed by atoms with E-state index in [4.69, 9.17) is 33.2 Å². The molecule has 0 aromatic heterocycles. The first-order valence-electron chi connectivity index (χ1n) is 28.2. The first kappa shape index (κ1) is 64.1. The number of ketones is 2. The van der Waals surface area contributed by atoms with Gasteiger partial charge in [-0.3, -0.25) is 14.4 Å². The molecule has 75 heavy (non-hydrogen) atoms. The number of aliphatic hydroxyl groups is 3. The number of methoxy groups -OCH3 is 2. The summed E-state index contributed by atoms with van der Waals surface area (Å²) in [4.78, 5) is 59.1. The molecule has 4 rings (SSSR count). The number of hydrogen-bond acceptors (Lipinski definition) is 14. The maximum Gasteiger partial charge on any atom is 0.329 e. The average Bonchev–Trinajstić information content (AvgIpc) is 3.40. The van der Waals surface area contributed by atoms with Gasteiger partial charge in [-0.25, -0.2) is 4.79 Å². The number of aliphatic hydroxyl groups excluding tert-OH is 2. The van der Waals surface area contributed by atoms with Gasteiger partial charge < -0.3 is 53.4 Å². The van der Waals surface area contributed by atoms with Crippen molar-refractivity contribution >= 4 is 23.4 Å². The third-order valence-electron chi connectivity index (χ3n) is 16.5. The number of amides is 1. The molecule has 15 nitrogen and oxygen atoms in total. The minimum Gasteiger partial charge on any atom is -0.460 e. The Morgan fingerprint density at radius 3 is 2.27 bits per heavy atom. The molecule has 3 saturated heterocycles. The summed E-state index contributed by atoms with van der Waals surface area (Å²) in [6.45, 7) is 23.2. The number of carbonyl (C=O) groups excluding carboxylic acids is 4. The second-order valence-electron chi connectivity index (χ2n) is 22.6. The number of esters is 1. The number of Topliss-reactive ketones (excluding diaryl/α,β-unsaturated/α-hetero) is 2. The highest BCUT2D eigenvalue weighted by atomic mass is 16.6. The summed E-state index contributed by atoms with van der Waals surface area (Å²) in [6, 6.07) is -1.13. The summed E-state index contributed by atoms with van der Waals surface area (Å²) in [5.41, 5.74) is 1.55. The number of allylic oxidation sites excluding steroid dienone is 6. The Hall–Kier alpha value is -3.38. The van der Waals surface area contributed by atoms with Gasteiger partial charge in [-0.15, -0.1) is 6.58 Å². The molecule has 3 heterocycles. The molecule has 426 valence electrons. The molecule has 0 aromatic rings. The number of nitrogens with zero attached hydrogens (tertiary/aromatic N) is 1. The van der Waals surface area contributed by atoms with Gasteiger partial charge in [0, 0.05) is 58.7 Å². The van der Waals surface area contributed by atoms with Gasteiger partial charge in [0.1, 0.15) is 24.0 Å². The first-order valence-corrected chi connectivity index (χ1v) is 28.2. The van der Waals surface area contributed by atoms with Gasteiger partial charge >= 0.3 is 5.97 Å². The highest BCUT2D eigenvalue weighted by Gasteiger charge is 2.53. The van der Waals surface area contributed by atoms with Crippen LogP contribution in [0.5, 0.6) is 0 Å². The fourth-order valence-electron chi connectivity index (χ4n) is 11.5. The molecular formula is C60H97NO14. The summed E-state index contributed by atoms with van der Waals surface area (Å²) in [6.07, 6.45) is 16.1. The number of hydrogen-bond donors (Lipinski definition) is 3. The largest absolute Gasteiger partial charge is 0.460 e. The van der Waals surface area contributed by atoms with Crippen molar-refractivity contribution in [2.45, 2.75) is 199 Å². The first-order chi connectivity index (χ1) is 35.8. The van der Waals surface area contributed by atoms with Crippen LogP contribution < -0.4 is 0 Å². The third kappa shape index (κ3) is 19.5. The summed E-state index contributed by atoms with van der Waals surface area (Å²) < 4.78 is 42.3. The second-order valence-corrected chi connectivity index (χ2v) is 22.6. The van der Waals surface area contributed by atoms with Crippen LogP contribution >= 0.6 is 0 Å². The molecule has 15 heteroatoms.